The number of carbonyl (C=O) groups excluding carboxylic acids is 3. The maximum Gasteiger partial charge on any atom is 0.322 e. The van der Waals surface area contributed by atoms with Gasteiger partial charge in [0.1, 0.15) is 5.84 Å². The van der Waals surface area contributed by atoms with Crippen molar-refractivity contribution in [2.24, 2.45) is 10.9 Å². The monoisotopic (exact) mass is 372 g/mol. The number of nitrogens with one attached hydrogen (secondary N) is 3. The Bertz CT molecular complexity index is 786. The number of para-hydroxylation sites is 2. The molecule has 0 saturated heterocycles. The molecule has 0 bridgehead atoms. The molecule has 8 nitrogen and oxygen atoms in total. The number of hydrogen-bond acceptors (Lipinski definition) is 6. The lowest BCUT2D eigenvalue weighted by Gasteiger charge is -2.20. The first kappa shape index (κ1) is 20.2. The number of allylic oxidation sites excluding steroid dienone is 1. The first-order valence-electron chi connectivity index (χ1n) is 8.78. The maximum absolute atomic E-state index is 12.6. The van der Waals surface area contributed by atoms with Gasteiger partial charge in [-0.15, -0.1) is 0 Å². The van der Waals surface area contributed by atoms with Crippen molar-refractivity contribution in [2.45, 2.75) is 27.2 Å². The molecule has 0 fully saturated rings. The molecule has 8 heteroatoms. The van der Waals surface area contributed by atoms with Gasteiger partial charge in [0.25, 0.3) is 0 Å². The van der Waals surface area contributed by atoms with Crippen LogP contribution in [0.25, 0.3) is 0 Å². The molecule has 27 heavy (non-hydrogen) atoms. The normalized spacial score (nSPS) is 17.1. The molecule has 0 unspecified atom stereocenters. The van der Waals surface area contributed by atoms with Crippen molar-refractivity contribution >= 4 is 35.0 Å². The van der Waals surface area contributed by atoms with Gasteiger partial charge in [0.2, 0.25) is 11.8 Å². The Kier molecular flexibility index (Phi) is 7.10. The van der Waals surface area contributed by atoms with E-state index in [2.05, 4.69) is 20.9 Å². The fourth-order valence-corrected chi connectivity index (χ4v) is 2.61. The highest BCUT2D eigenvalue weighted by atomic mass is 16.5. The van der Waals surface area contributed by atoms with Gasteiger partial charge in [-0.1, -0.05) is 18.2 Å². The predicted molar refractivity (Wildman–Crippen MR) is 102 cm³/mol. The van der Waals surface area contributed by atoms with E-state index in [1.165, 1.54) is 6.92 Å². The summed E-state index contributed by atoms with van der Waals surface area (Å²) in [5, 5.41) is 8.46. The van der Waals surface area contributed by atoms with Crippen LogP contribution in [0.5, 0.6) is 0 Å². The third-order valence-electron chi connectivity index (χ3n) is 3.84. The van der Waals surface area contributed by atoms with E-state index in [1.807, 2.05) is 18.2 Å². The molecule has 1 heterocycles. The SMILES string of the molecule is C/C=C1/Nc2ccccc2N=C(NC(=O)CCNC(C)=O)[C@@H]1C(=O)OCC. The number of rotatable bonds is 5. The molecule has 0 aliphatic carbocycles. The van der Waals surface area contributed by atoms with E-state index in [4.69, 9.17) is 4.74 Å². The molecule has 3 N–H and O–H groups in total. The molecule has 2 rings (SSSR count). The van der Waals surface area contributed by atoms with Crippen molar-refractivity contribution < 1.29 is 19.1 Å². The fourth-order valence-electron chi connectivity index (χ4n) is 2.61. The second-order valence-corrected chi connectivity index (χ2v) is 5.85. The van der Waals surface area contributed by atoms with Crippen molar-refractivity contribution in [3.05, 3.63) is 36.0 Å². The molecule has 1 aromatic rings. The number of ether oxygens (including phenoxy) is 1. The second kappa shape index (κ2) is 9.51. The number of anilines is 1. The number of amides is 2. The van der Waals surface area contributed by atoms with Crippen LogP contribution in [0.2, 0.25) is 0 Å². The highest BCUT2D eigenvalue weighted by Gasteiger charge is 2.33. The molecule has 2 amide bonds. The highest BCUT2D eigenvalue weighted by Crippen LogP contribution is 2.32. The van der Waals surface area contributed by atoms with Crippen molar-refractivity contribution in [3.63, 3.8) is 0 Å². The summed E-state index contributed by atoms with van der Waals surface area (Å²) in [7, 11) is 0. The molecule has 1 atom stereocenters. The van der Waals surface area contributed by atoms with Crippen LogP contribution in [0.1, 0.15) is 27.2 Å². The lowest BCUT2D eigenvalue weighted by Crippen LogP contribution is -2.42. The molecular weight excluding hydrogens is 348 g/mol. The number of nitrogens with zero attached hydrogens (tertiary/aromatic N) is 1. The summed E-state index contributed by atoms with van der Waals surface area (Å²) in [6, 6.07) is 7.30. The number of esters is 1. The van der Waals surface area contributed by atoms with E-state index in [0.717, 1.165) is 5.69 Å². The van der Waals surface area contributed by atoms with Gasteiger partial charge < -0.3 is 20.7 Å². The number of carbonyl (C=O) groups is 3. The quantitative estimate of drug-likeness (QED) is 0.684. The Labute approximate surface area is 158 Å². The summed E-state index contributed by atoms with van der Waals surface area (Å²) in [6.45, 7) is 5.30. The Morgan fingerprint density at radius 1 is 1.30 bits per heavy atom. The first-order chi connectivity index (χ1) is 13.0. The van der Waals surface area contributed by atoms with Crippen LogP contribution in [0.4, 0.5) is 11.4 Å². The number of aliphatic imine (C=N–C) groups is 1. The van der Waals surface area contributed by atoms with Crippen LogP contribution in [0.3, 0.4) is 0 Å². The molecule has 0 spiro atoms. The van der Waals surface area contributed by atoms with Crippen LogP contribution in [-0.4, -0.2) is 36.8 Å². The second-order valence-electron chi connectivity index (χ2n) is 5.85. The molecule has 1 aromatic carbocycles. The Hall–Kier alpha value is -3.16. The lowest BCUT2D eigenvalue weighted by molar-refractivity contribution is -0.144. The summed E-state index contributed by atoms with van der Waals surface area (Å²) < 4.78 is 5.18. The van der Waals surface area contributed by atoms with Gasteiger partial charge in [0.05, 0.1) is 18.0 Å². The van der Waals surface area contributed by atoms with Crippen LogP contribution >= 0.6 is 0 Å². The number of hydrogen-bond donors (Lipinski definition) is 3. The molecule has 0 radical (unpaired) electrons. The van der Waals surface area contributed by atoms with Gasteiger partial charge >= 0.3 is 5.97 Å². The van der Waals surface area contributed by atoms with E-state index >= 15 is 0 Å². The van der Waals surface area contributed by atoms with Crippen LogP contribution < -0.4 is 16.0 Å². The predicted octanol–water partition coefficient (Wildman–Crippen LogP) is 1.87. The Morgan fingerprint density at radius 3 is 2.70 bits per heavy atom. The van der Waals surface area contributed by atoms with E-state index < -0.39 is 11.9 Å². The number of benzene rings is 1. The van der Waals surface area contributed by atoms with E-state index in [-0.39, 0.29) is 37.2 Å². The topological polar surface area (TPSA) is 109 Å². The lowest BCUT2D eigenvalue weighted by atomic mass is 10.0. The van der Waals surface area contributed by atoms with Crippen molar-refractivity contribution in [1.82, 2.24) is 10.6 Å². The van der Waals surface area contributed by atoms with Gasteiger partial charge in [0.15, 0.2) is 5.92 Å². The Morgan fingerprint density at radius 2 is 2.04 bits per heavy atom. The summed E-state index contributed by atoms with van der Waals surface area (Å²) in [5.41, 5.74) is 1.89. The largest absolute Gasteiger partial charge is 0.465 e. The molecule has 1 aliphatic heterocycles. The molecular formula is C19H24N4O4. The zero-order valence-electron chi connectivity index (χ0n) is 15.7. The molecule has 0 saturated carbocycles. The standard InChI is InChI=1S/C19H24N4O4/c1-4-13-17(19(26)27-5-2)18(23-16(25)10-11-20-12(3)24)22-15-9-7-6-8-14(15)21-13/h4,6-9,17,21H,5,10-11H2,1-3H3,(H,20,24)(H,22,23,25)/b13-4+/t17-/m1/s1. The average molecular weight is 372 g/mol. The zero-order valence-corrected chi connectivity index (χ0v) is 15.7. The van der Waals surface area contributed by atoms with E-state index in [1.54, 1.807) is 26.0 Å². The van der Waals surface area contributed by atoms with Gasteiger partial charge in [-0.2, -0.15) is 0 Å². The summed E-state index contributed by atoms with van der Waals surface area (Å²) in [4.78, 5) is 40.3. The maximum atomic E-state index is 12.6. The fraction of sp³-hybridized carbons (Fsp3) is 0.368. The zero-order chi connectivity index (χ0) is 19.8. The van der Waals surface area contributed by atoms with Gasteiger partial charge in [-0.25, -0.2) is 4.99 Å². The summed E-state index contributed by atoms with van der Waals surface area (Å²) in [6.07, 6.45) is 1.82. The number of fused-ring (bicyclic) bond motifs is 1. The van der Waals surface area contributed by atoms with Crippen molar-refractivity contribution in [2.75, 3.05) is 18.5 Å². The minimum absolute atomic E-state index is 0.0639. The molecule has 144 valence electrons. The average Bonchev–Trinajstić information content (AvgIpc) is 2.77. The van der Waals surface area contributed by atoms with Crippen LogP contribution in [0, 0.1) is 5.92 Å². The minimum Gasteiger partial charge on any atom is -0.465 e. The highest BCUT2D eigenvalue weighted by molar-refractivity contribution is 6.12. The van der Waals surface area contributed by atoms with Gasteiger partial charge in [0, 0.05) is 25.6 Å². The molecule has 1 aliphatic rings. The van der Waals surface area contributed by atoms with Crippen LogP contribution in [-0.2, 0) is 19.1 Å². The summed E-state index contributed by atoms with van der Waals surface area (Å²) >= 11 is 0. The summed E-state index contributed by atoms with van der Waals surface area (Å²) in [5.74, 6) is -1.77. The van der Waals surface area contributed by atoms with Gasteiger partial charge in [-0.3, -0.25) is 14.4 Å². The Balaban J connectivity index is 2.33. The van der Waals surface area contributed by atoms with Crippen LogP contribution in [0.15, 0.2) is 41.0 Å². The van der Waals surface area contributed by atoms with E-state index in [0.29, 0.717) is 11.4 Å². The minimum atomic E-state index is -0.882. The van der Waals surface area contributed by atoms with Gasteiger partial charge in [-0.05, 0) is 26.0 Å². The first-order valence-corrected chi connectivity index (χ1v) is 8.78. The number of amidine groups is 1. The third kappa shape index (κ3) is 5.40. The van der Waals surface area contributed by atoms with E-state index in [9.17, 15) is 14.4 Å². The van der Waals surface area contributed by atoms with Crippen molar-refractivity contribution in [1.29, 1.82) is 0 Å². The molecule has 0 aromatic heterocycles. The third-order valence-corrected chi connectivity index (χ3v) is 3.84. The smallest absolute Gasteiger partial charge is 0.322 e. The van der Waals surface area contributed by atoms with Crippen molar-refractivity contribution in [3.8, 4) is 0 Å².